The highest BCUT2D eigenvalue weighted by molar-refractivity contribution is 5.50. The summed E-state index contributed by atoms with van der Waals surface area (Å²) in [4.78, 5) is 10.5. The summed E-state index contributed by atoms with van der Waals surface area (Å²) in [6.07, 6.45) is 0.892. The number of nitrogens with one attached hydrogen (secondary N) is 1. The van der Waals surface area contributed by atoms with Crippen molar-refractivity contribution in [2.45, 2.75) is 19.9 Å². The smallest absolute Gasteiger partial charge is 0.274 e. The molecule has 1 aromatic carbocycles. The Labute approximate surface area is 82.1 Å². The number of rotatable bonds is 1. The minimum atomic E-state index is -0.300. The number of nitrogens with zero attached hydrogens (tertiary/aromatic N) is 1. The van der Waals surface area contributed by atoms with Gasteiger partial charge in [-0.25, -0.2) is 0 Å². The Hall–Kier alpha value is -1.42. The lowest BCUT2D eigenvalue weighted by atomic mass is 9.95. The number of hydrogen-bond acceptors (Lipinski definition) is 3. The lowest BCUT2D eigenvalue weighted by molar-refractivity contribution is -0.385. The quantitative estimate of drug-likeness (QED) is 0.542. The summed E-state index contributed by atoms with van der Waals surface area (Å²) in [7, 11) is 0. The van der Waals surface area contributed by atoms with Crippen molar-refractivity contribution in [3.8, 4) is 0 Å². The summed E-state index contributed by atoms with van der Waals surface area (Å²) >= 11 is 0. The Morgan fingerprint density at radius 3 is 2.93 bits per heavy atom. The molecule has 1 aliphatic rings. The van der Waals surface area contributed by atoms with Crippen LogP contribution >= 0.6 is 0 Å². The van der Waals surface area contributed by atoms with Crippen LogP contribution in [-0.4, -0.2) is 11.5 Å². The number of aryl methyl sites for hydroxylation is 1. The molecule has 0 atom stereocenters. The van der Waals surface area contributed by atoms with Crippen LogP contribution in [0.2, 0.25) is 0 Å². The van der Waals surface area contributed by atoms with Gasteiger partial charge >= 0.3 is 0 Å². The monoisotopic (exact) mass is 192 g/mol. The highest BCUT2D eigenvalue weighted by atomic mass is 16.6. The molecule has 1 aliphatic heterocycles. The van der Waals surface area contributed by atoms with Gasteiger partial charge in [0.2, 0.25) is 0 Å². The highest BCUT2D eigenvalue weighted by Gasteiger charge is 2.21. The van der Waals surface area contributed by atoms with Gasteiger partial charge in [-0.3, -0.25) is 10.1 Å². The Morgan fingerprint density at radius 2 is 2.21 bits per heavy atom. The SMILES string of the molecule is Cc1ccc([N+](=O)[O-])c2c1CCNC2. The first-order chi connectivity index (χ1) is 6.70. The van der Waals surface area contributed by atoms with Gasteiger partial charge in [-0.1, -0.05) is 6.07 Å². The fourth-order valence-electron chi connectivity index (χ4n) is 1.94. The largest absolute Gasteiger partial charge is 0.312 e. The van der Waals surface area contributed by atoms with Crippen LogP contribution in [0.3, 0.4) is 0 Å². The molecule has 0 aromatic heterocycles. The standard InChI is InChI=1S/C10H12N2O2/c1-7-2-3-10(12(13)14)9-6-11-5-4-8(7)9/h2-3,11H,4-6H2,1H3. The van der Waals surface area contributed by atoms with Gasteiger partial charge in [0.25, 0.3) is 5.69 Å². The fraction of sp³-hybridized carbons (Fsp3) is 0.400. The van der Waals surface area contributed by atoms with E-state index in [2.05, 4.69) is 5.32 Å². The summed E-state index contributed by atoms with van der Waals surface area (Å²) in [6.45, 7) is 3.54. The van der Waals surface area contributed by atoms with Crippen molar-refractivity contribution in [2.75, 3.05) is 6.54 Å². The van der Waals surface area contributed by atoms with Gasteiger partial charge in [0, 0.05) is 18.2 Å². The molecule has 0 aliphatic carbocycles. The van der Waals surface area contributed by atoms with Gasteiger partial charge < -0.3 is 5.32 Å². The summed E-state index contributed by atoms with van der Waals surface area (Å²) < 4.78 is 0. The fourth-order valence-corrected chi connectivity index (χ4v) is 1.94. The van der Waals surface area contributed by atoms with Crippen LogP contribution in [0.15, 0.2) is 12.1 Å². The minimum Gasteiger partial charge on any atom is -0.312 e. The molecule has 0 fully saturated rings. The molecule has 0 saturated carbocycles. The zero-order valence-electron chi connectivity index (χ0n) is 8.04. The average molecular weight is 192 g/mol. The normalized spacial score (nSPS) is 14.9. The van der Waals surface area contributed by atoms with E-state index in [9.17, 15) is 10.1 Å². The molecule has 1 aromatic rings. The molecule has 2 rings (SSSR count). The van der Waals surface area contributed by atoms with E-state index in [-0.39, 0.29) is 10.6 Å². The second-order valence-electron chi connectivity index (χ2n) is 3.54. The number of fused-ring (bicyclic) bond motifs is 1. The van der Waals surface area contributed by atoms with Gasteiger partial charge in [-0.2, -0.15) is 0 Å². The first-order valence-electron chi connectivity index (χ1n) is 4.66. The second kappa shape index (κ2) is 3.38. The first kappa shape index (κ1) is 9.15. The van der Waals surface area contributed by atoms with Crippen LogP contribution in [0.1, 0.15) is 16.7 Å². The molecule has 0 radical (unpaired) electrons. The van der Waals surface area contributed by atoms with Crippen molar-refractivity contribution in [1.82, 2.24) is 5.32 Å². The maximum atomic E-state index is 10.8. The van der Waals surface area contributed by atoms with Crippen LogP contribution in [0.4, 0.5) is 5.69 Å². The lowest BCUT2D eigenvalue weighted by Gasteiger charge is -2.18. The van der Waals surface area contributed by atoms with Gasteiger partial charge in [-0.05, 0) is 31.0 Å². The first-order valence-corrected chi connectivity index (χ1v) is 4.66. The molecule has 0 spiro atoms. The van der Waals surface area contributed by atoms with Crippen LogP contribution in [-0.2, 0) is 13.0 Å². The Bertz CT molecular complexity index is 388. The average Bonchev–Trinajstić information content (AvgIpc) is 2.18. The molecule has 14 heavy (non-hydrogen) atoms. The van der Waals surface area contributed by atoms with E-state index in [4.69, 9.17) is 0 Å². The maximum absolute atomic E-state index is 10.8. The Kier molecular flexibility index (Phi) is 2.21. The zero-order chi connectivity index (χ0) is 10.1. The number of benzene rings is 1. The molecular weight excluding hydrogens is 180 g/mol. The topological polar surface area (TPSA) is 55.2 Å². The zero-order valence-corrected chi connectivity index (χ0v) is 8.04. The van der Waals surface area contributed by atoms with E-state index >= 15 is 0 Å². The van der Waals surface area contributed by atoms with Gasteiger partial charge in [-0.15, -0.1) is 0 Å². The van der Waals surface area contributed by atoms with E-state index < -0.39 is 0 Å². The van der Waals surface area contributed by atoms with Crippen LogP contribution in [0.25, 0.3) is 0 Å². The van der Waals surface area contributed by atoms with Crippen LogP contribution in [0.5, 0.6) is 0 Å². The van der Waals surface area contributed by atoms with Crippen molar-refractivity contribution in [1.29, 1.82) is 0 Å². The van der Waals surface area contributed by atoms with Crippen LogP contribution < -0.4 is 5.32 Å². The third-order valence-electron chi connectivity index (χ3n) is 2.69. The third-order valence-corrected chi connectivity index (χ3v) is 2.69. The van der Waals surface area contributed by atoms with Crippen molar-refractivity contribution >= 4 is 5.69 Å². The molecule has 0 unspecified atom stereocenters. The van der Waals surface area contributed by atoms with E-state index in [1.165, 1.54) is 0 Å². The van der Waals surface area contributed by atoms with E-state index in [0.29, 0.717) is 6.54 Å². The summed E-state index contributed by atoms with van der Waals surface area (Å²) in [6, 6.07) is 3.43. The molecular formula is C10H12N2O2. The van der Waals surface area contributed by atoms with Gasteiger partial charge in [0.05, 0.1) is 4.92 Å². The van der Waals surface area contributed by atoms with E-state index in [1.54, 1.807) is 6.07 Å². The summed E-state index contributed by atoms with van der Waals surface area (Å²) in [5, 5.41) is 13.9. The summed E-state index contributed by atoms with van der Waals surface area (Å²) in [5.41, 5.74) is 3.42. The molecule has 0 amide bonds. The van der Waals surface area contributed by atoms with Gasteiger partial charge in [0.15, 0.2) is 0 Å². The maximum Gasteiger partial charge on any atom is 0.274 e. The lowest BCUT2D eigenvalue weighted by Crippen LogP contribution is -2.25. The number of nitro groups is 1. The Balaban J connectivity index is 2.59. The highest BCUT2D eigenvalue weighted by Crippen LogP contribution is 2.27. The van der Waals surface area contributed by atoms with Crippen molar-refractivity contribution < 1.29 is 4.92 Å². The van der Waals surface area contributed by atoms with Gasteiger partial charge in [0.1, 0.15) is 0 Å². The number of hydrogen-bond donors (Lipinski definition) is 1. The van der Waals surface area contributed by atoms with E-state index in [0.717, 1.165) is 29.7 Å². The molecule has 0 saturated heterocycles. The molecule has 4 heteroatoms. The van der Waals surface area contributed by atoms with Crippen molar-refractivity contribution in [3.05, 3.63) is 38.9 Å². The molecule has 4 nitrogen and oxygen atoms in total. The predicted molar refractivity (Wildman–Crippen MR) is 53.2 cm³/mol. The molecule has 0 bridgehead atoms. The third kappa shape index (κ3) is 1.37. The number of nitro benzene ring substituents is 1. The van der Waals surface area contributed by atoms with E-state index in [1.807, 2.05) is 13.0 Å². The van der Waals surface area contributed by atoms with Crippen molar-refractivity contribution in [3.63, 3.8) is 0 Å². The summed E-state index contributed by atoms with van der Waals surface area (Å²) in [5.74, 6) is 0. The molecule has 1 N–H and O–H groups in total. The second-order valence-corrected chi connectivity index (χ2v) is 3.54. The Morgan fingerprint density at radius 1 is 1.43 bits per heavy atom. The predicted octanol–water partition coefficient (Wildman–Crippen LogP) is 1.55. The minimum absolute atomic E-state index is 0.248. The van der Waals surface area contributed by atoms with Crippen LogP contribution in [0, 0.1) is 17.0 Å². The molecule has 1 heterocycles. The van der Waals surface area contributed by atoms with Crippen molar-refractivity contribution in [2.24, 2.45) is 0 Å². The molecule has 74 valence electrons.